The molecule has 1 saturated heterocycles. The zero-order valence-electron chi connectivity index (χ0n) is 50.2. The van der Waals surface area contributed by atoms with Crippen LogP contribution in [-0.2, 0) is 54.4 Å². The topological polar surface area (TPSA) is 500 Å². The molecule has 24 N–H and O–H groups in total. The first-order valence-corrected chi connectivity index (χ1v) is 29.6. The molecule has 1 fully saturated rings. The number of carbonyl (C=O) groups is 10. The van der Waals surface area contributed by atoms with Gasteiger partial charge >= 0.3 is 0 Å². The van der Waals surface area contributed by atoms with E-state index in [0.29, 0.717) is 24.8 Å². The number of aliphatic hydroxyl groups excluding tert-OH is 1. The highest BCUT2D eigenvalue weighted by atomic mass is 16.3. The van der Waals surface area contributed by atoms with Crippen molar-refractivity contribution in [3.63, 3.8) is 0 Å². The fourth-order valence-corrected chi connectivity index (χ4v) is 9.16. The van der Waals surface area contributed by atoms with Gasteiger partial charge in [-0.05, 0) is 81.9 Å². The molecule has 1 aliphatic rings. The van der Waals surface area contributed by atoms with Gasteiger partial charge in [0.2, 0.25) is 58.9 Å². The van der Waals surface area contributed by atoms with Gasteiger partial charge in [0.25, 0.3) is 5.91 Å². The summed E-state index contributed by atoms with van der Waals surface area (Å²) in [5, 5.41) is 48.4. The maximum absolute atomic E-state index is 14.5. The fourth-order valence-electron chi connectivity index (χ4n) is 9.16. The van der Waals surface area contributed by atoms with Gasteiger partial charge in [0.05, 0.1) is 18.6 Å². The first kappa shape index (κ1) is 74.1. The van der Waals surface area contributed by atoms with Gasteiger partial charge in [0.15, 0.2) is 5.96 Å². The Morgan fingerprint density at radius 3 is 1.74 bits per heavy atom. The lowest BCUT2D eigenvalue weighted by Crippen LogP contribution is -2.66. The van der Waals surface area contributed by atoms with E-state index in [1.165, 1.54) is 0 Å². The summed E-state index contributed by atoms with van der Waals surface area (Å²) < 4.78 is 0. The predicted molar refractivity (Wildman–Crippen MR) is 319 cm³/mol. The van der Waals surface area contributed by atoms with Crippen LogP contribution in [0.5, 0.6) is 0 Å². The number of rotatable bonds is 30. The summed E-state index contributed by atoms with van der Waals surface area (Å²) in [6, 6.07) is -2.72. The van der Waals surface area contributed by atoms with Crippen LogP contribution >= 0.6 is 0 Å². The van der Waals surface area contributed by atoms with Crippen LogP contribution in [0, 0.1) is 11.8 Å². The standard InChI is InChI=1S/C56H99N17O12/c1-6-7-8-9-13-17-36(74)31-45(75)66-44(32-59)53(83)73-56(85)22-27-64-47(77)41(28-33(2)3)69-50(80)40(21-26-63-46(76)37(60)18-14-25-65-55(61)62)68-48(78)38(19-23-57)67-51(81)42(29-34(4)5)70-52(82)43(30-35-15-11-10-12-16-35)71-49(79)39(20-24-58)72-54(56)84/h10-12,15-16,33-34,36-44,74,85H,6-9,13-14,17-32,57-60H2,1-5H3,(H,63,76)(H,64,77)(H,66,75)(H,67,81)(H,68,78)(H,69,80)(H,70,82)(H,71,79)(H,72,84)(H,73,83)(H4,61,62,65)/t36-,37+,38+,39+,40+,41+,42+,43-,44-,56+/m1/s1. The molecule has 10 amide bonds. The highest BCUT2D eigenvalue weighted by molar-refractivity contribution is 5.99. The van der Waals surface area contributed by atoms with E-state index >= 15 is 0 Å². The minimum Gasteiger partial charge on any atom is -0.393 e. The van der Waals surface area contributed by atoms with Crippen LogP contribution < -0.4 is 87.6 Å². The normalized spacial score (nSPS) is 22.7. The number of hydrogen-bond acceptors (Lipinski definition) is 17. The van der Waals surface area contributed by atoms with Crippen LogP contribution in [0.2, 0.25) is 0 Å². The molecule has 29 heteroatoms. The molecule has 0 bridgehead atoms. The van der Waals surface area contributed by atoms with Crippen molar-refractivity contribution in [2.75, 3.05) is 39.3 Å². The van der Waals surface area contributed by atoms with E-state index in [2.05, 4.69) is 65.1 Å². The van der Waals surface area contributed by atoms with E-state index in [-0.39, 0.29) is 95.3 Å². The molecule has 29 nitrogen and oxygen atoms in total. The van der Waals surface area contributed by atoms with E-state index in [1.807, 2.05) is 0 Å². The number of nitrogens with one attached hydrogen (secondary N) is 10. The number of hydrogen-bond donors (Lipinski definition) is 18. The number of nitrogens with two attached hydrogens (primary N) is 6. The number of aliphatic hydroxyl groups is 2. The van der Waals surface area contributed by atoms with Crippen molar-refractivity contribution < 1.29 is 58.2 Å². The van der Waals surface area contributed by atoms with Gasteiger partial charge < -0.3 is 97.8 Å². The average molecular weight is 1200 g/mol. The third-order valence-corrected chi connectivity index (χ3v) is 13.9. The van der Waals surface area contributed by atoms with E-state index in [1.54, 1.807) is 58.0 Å². The van der Waals surface area contributed by atoms with Crippen LogP contribution in [0.1, 0.15) is 136 Å². The maximum atomic E-state index is 14.5. The van der Waals surface area contributed by atoms with Gasteiger partial charge in [-0.25, -0.2) is 0 Å². The summed E-state index contributed by atoms with van der Waals surface area (Å²) in [5.41, 5.74) is 32.3. The predicted octanol–water partition coefficient (Wildman–Crippen LogP) is -4.31. The highest BCUT2D eigenvalue weighted by Crippen LogP contribution is 2.15. The van der Waals surface area contributed by atoms with E-state index in [0.717, 1.165) is 25.7 Å². The summed E-state index contributed by atoms with van der Waals surface area (Å²) in [6.45, 7) is 7.62. The molecule has 1 aromatic carbocycles. The number of unbranched alkanes of at least 4 members (excludes halogenated alkanes) is 4. The number of nitrogens with zero attached hydrogens (tertiary/aromatic N) is 1. The van der Waals surface area contributed by atoms with Crippen LogP contribution in [0.25, 0.3) is 0 Å². The van der Waals surface area contributed by atoms with E-state index in [9.17, 15) is 58.2 Å². The molecule has 0 aromatic heterocycles. The zero-order chi connectivity index (χ0) is 63.6. The molecule has 0 saturated carbocycles. The lowest BCUT2D eigenvalue weighted by molar-refractivity contribution is -0.152. The third kappa shape index (κ3) is 28.6. The van der Waals surface area contributed by atoms with Crippen LogP contribution in [0.4, 0.5) is 0 Å². The summed E-state index contributed by atoms with van der Waals surface area (Å²) in [4.78, 5) is 145. The summed E-state index contributed by atoms with van der Waals surface area (Å²) in [7, 11) is 0. The van der Waals surface area contributed by atoms with Crippen LogP contribution in [0.3, 0.4) is 0 Å². The van der Waals surface area contributed by atoms with Crippen molar-refractivity contribution in [1.82, 2.24) is 53.2 Å². The third-order valence-electron chi connectivity index (χ3n) is 13.9. The Kier molecular flexibility index (Phi) is 34.4. The molecule has 1 aliphatic heterocycles. The Balaban J connectivity index is 2.77. The molecule has 85 heavy (non-hydrogen) atoms. The van der Waals surface area contributed by atoms with Gasteiger partial charge in [-0.3, -0.25) is 52.9 Å². The Bertz CT molecular complexity index is 2330. The van der Waals surface area contributed by atoms with Crippen molar-refractivity contribution in [2.45, 2.75) is 198 Å². The lowest BCUT2D eigenvalue weighted by atomic mass is 10.00. The Morgan fingerprint density at radius 2 is 1.19 bits per heavy atom. The largest absolute Gasteiger partial charge is 0.393 e. The summed E-state index contributed by atoms with van der Waals surface area (Å²) in [6.07, 6.45) is 2.32. The molecule has 0 aliphatic carbocycles. The van der Waals surface area contributed by atoms with Gasteiger partial charge in [-0.15, -0.1) is 0 Å². The molecule has 480 valence electrons. The van der Waals surface area contributed by atoms with Crippen LogP contribution in [0.15, 0.2) is 35.3 Å². The number of guanidine groups is 1. The van der Waals surface area contributed by atoms with Crippen molar-refractivity contribution in [3.05, 3.63) is 35.9 Å². The Hall–Kier alpha value is -7.05. The first-order valence-electron chi connectivity index (χ1n) is 29.6. The number of amides is 10. The second-order valence-electron chi connectivity index (χ2n) is 22.4. The molecule has 1 heterocycles. The number of benzene rings is 1. The average Bonchev–Trinajstić information content (AvgIpc) is 3.62. The summed E-state index contributed by atoms with van der Waals surface area (Å²) in [5.74, 6) is -9.84. The van der Waals surface area contributed by atoms with Gasteiger partial charge in [0.1, 0.15) is 42.3 Å². The zero-order valence-corrected chi connectivity index (χ0v) is 50.2. The molecule has 2 rings (SSSR count). The van der Waals surface area contributed by atoms with E-state index < -0.39 is 139 Å². The second-order valence-corrected chi connectivity index (χ2v) is 22.4. The Morgan fingerprint density at radius 1 is 0.671 bits per heavy atom. The number of aliphatic imine (C=N–C) groups is 1. The fraction of sp³-hybridized carbons (Fsp3) is 0.696. The van der Waals surface area contributed by atoms with Gasteiger partial charge in [-0.2, -0.15) is 0 Å². The molecular formula is C56H99N17O12. The number of carbonyl (C=O) groups excluding carboxylic acids is 10. The van der Waals surface area contributed by atoms with Crippen molar-refractivity contribution in [2.24, 2.45) is 51.2 Å². The minimum absolute atomic E-state index is 0.00738. The quantitative estimate of drug-likeness (QED) is 0.0150. The monoisotopic (exact) mass is 1200 g/mol. The van der Waals surface area contributed by atoms with Gasteiger partial charge in [-0.1, -0.05) is 97.1 Å². The SMILES string of the molecule is CCCCCCC[C@@H](O)CC(=O)N[C@H](CN)C(=O)N[C@]1(O)CCNC(=O)[C@H](CC(C)C)NC(=O)[C@H](CCNC(=O)[C@@H](N)CCCN=C(N)N)NC(=O)[C@H](CCN)NC(=O)[C@H](CC(C)C)NC(=O)[C@@H](Cc2ccccc2)NC(=O)[C@H](CCN)NC1=O. The smallest absolute Gasteiger partial charge is 0.273 e. The van der Waals surface area contributed by atoms with E-state index in [4.69, 9.17) is 34.4 Å². The lowest BCUT2D eigenvalue weighted by Gasteiger charge is -2.32. The Labute approximate surface area is 498 Å². The first-order chi connectivity index (χ1) is 40.3. The van der Waals surface area contributed by atoms with Crippen molar-refractivity contribution >= 4 is 65.0 Å². The second kappa shape index (κ2) is 39.5. The molecule has 10 atom stereocenters. The molecule has 0 unspecified atom stereocenters. The minimum atomic E-state index is -3.01. The molecule has 0 spiro atoms. The molecule has 0 radical (unpaired) electrons. The summed E-state index contributed by atoms with van der Waals surface area (Å²) >= 11 is 0. The maximum Gasteiger partial charge on any atom is 0.273 e. The molecule has 1 aromatic rings. The highest BCUT2D eigenvalue weighted by Gasteiger charge is 2.42. The van der Waals surface area contributed by atoms with Crippen LogP contribution in [-0.4, -0.2) is 175 Å². The van der Waals surface area contributed by atoms with Crippen molar-refractivity contribution in [3.8, 4) is 0 Å². The van der Waals surface area contributed by atoms with Crippen molar-refractivity contribution in [1.29, 1.82) is 0 Å². The van der Waals surface area contributed by atoms with Gasteiger partial charge in [0, 0.05) is 39.0 Å². The molecular weight excluding hydrogens is 1100 g/mol.